The largest absolute Gasteiger partial charge is 0.481 e. The molecule has 2 aromatic carbocycles. The van der Waals surface area contributed by atoms with Gasteiger partial charge in [0.1, 0.15) is 17.4 Å². The van der Waals surface area contributed by atoms with Crippen molar-refractivity contribution in [1.82, 2.24) is 5.32 Å². The highest BCUT2D eigenvalue weighted by atomic mass is 19.1. The van der Waals surface area contributed by atoms with Crippen LogP contribution in [-0.4, -0.2) is 12.0 Å². The number of nitrogens with one attached hydrogen (secondary N) is 1. The second kappa shape index (κ2) is 7.72. The van der Waals surface area contributed by atoms with Gasteiger partial charge in [-0.1, -0.05) is 19.1 Å². The first-order chi connectivity index (χ1) is 11.0. The number of rotatable bonds is 6. The van der Waals surface area contributed by atoms with Crippen LogP contribution in [0.25, 0.3) is 0 Å². The van der Waals surface area contributed by atoms with E-state index in [1.54, 1.807) is 12.1 Å². The second-order valence-electron chi connectivity index (χ2n) is 5.25. The highest BCUT2D eigenvalue weighted by molar-refractivity contribution is 5.81. The molecule has 0 saturated heterocycles. The molecule has 0 radical (unpaired) electrons. The lowest BCUT2D eigenvalue weighted by Gasteiger charge is -2.20. The van der Waals surface area contributed by atoms with E-state index in [2.05, 4.69) is 5.32 Å². The van der Waals surface area contributed by atoms with Crippen molar-refractivity contribution in [2.24, 2.45) is 0 Å². The Morgan fingerprint density at radius 3 is 2.09 bits per heavy atom. The van der Waals surface area contributed by atoms with E-state index in [0.717, 1.165) is 5.56 Å². The van der Waals surface area contributed by atoms with Gasteiger partial charge in [-0.15, -0.1) is 0 Å². The molecule has 0 heterocycles. The van der Waals surface area contributed by atoms with Crippen LogP contribution in [0.4, 0.5) is 8.78 Å². The van der Waals surface area contributed by atoms with Crippen LogP contribution in [0.1, 0.15) is 31.9 Å². The predicted molar refractivity (Wildman–Crippen MR) is 84.1 cm³/mol. The summed E-state index contributed by atoms with van der Waals surface area (Å²) in [6.07, 6.45) is -0.206. The minimum Gasteiger partial charge on any atom is -0.481 e. The van der Waals surface area contributed by atoms with E-state index in [0.29, 0.717) is 12.2 Å². The number of amides is 1. The van der Waals surface area contributed by atoms with Crippen molar-refractivity contribution >= 4 is 5.91 Å². The number of hydrogen-bond donors (Lipinski definition) is 1. The SMILES string of the molecule is CC[C@@H](Oc1ccc(F)cc1)C(=O)N[C@@H](C)c1ccc(F)cc1. The Kier molecular flexibility index (Phi) is 5.68. The molecule has 5 heteroatoms. The fourth-order valence-electron chi connectivity index (χ4n) is 2.14. The van der Waals surface area contributed by atoms with Crippen LogP contribution < -0.4 is 10.1 Å². The molecule has 1 N–H and O–H groups in total. The Morgan fingerprint density at radius 2 is 1.57 bits per heavy atom. The molecule has 0 unspecified atom stereocenters. The van der Waals surface area contributed by atoms with Gasteiger partial charge in [0.05, 0.1) is 6.04 Å². The van der Waals surface area contributed by atoms with Gasteiger partial charge in [-0.25, -0.2) is 8.78 Å². The zero-order chi connectivity index (χ0) is 16.8. The van der Waals surface area contributed by atoms with Gasteiger partial charge in [0.25, 0.3) is 5.91 Å². The summed E-state index contributed by atoms with van der Waals surface area (Å²) in [7, 11) is 0. The predicted octanol–water partition coefficient (Wildman–Crippen LogP) is 4.00. The quantitative estimate of drug-likeness (QED) is 0.874. The summed E-state index contributed by atoms with van der Waals surface area (Å²) in [6, 6.07) is 11.2. The summed E-state index contributed by atoms with van der Waals surface area (Å²) < 4.78 is 31.4. The molecule has 0 aliphatic carbocycles. The number of hydrogen-bond acceptors (Lipinski definition) is 2. The second-order valence-corrected chi connectivity index (χ2v) is 5.25. The summed E-state index contributed by atoms with van der Waals surface area (Å²) in [5.41, 5.74) is 0.802. The monoisotopic (exact) mass is 319 g/mol. The fourth-order valence-corrected chi connectivity index (χ4v) is 2.14. The third kappa shape index (κ3) is 4.77. The van der Waals surface area contributed by atoms with E-state index in [-0.39, 0.29) is 23.6 Å². The van der Waals surface area contributed by atoms with Gasteiger partial charge in [0, 0.05) is 0 Å². The van der Waals surface area contributed by atoms with Crippen molar-refractivity contribution in [3.8, 4) is 5.75 Å². The van der Waals surface area contributed by atoms with Gasteiger partial charge in [0.2, 0.25) is 0 Å². The van der Waals surface area contributed by atoms with Gasteiger partial charge in [-0.05, 0) is 55.3 Å². The number of halogens is 2. The van der Waals surface area contributed by atoms with Crippen LogP contribution >= 0.6 is 0 Å². The van der Waals surface area contributed by atoms with Gasteiger partial charge in [-0.2, -0.15) is 0 Å². The minimum absolute atomic E-state index is 0.269. The molecule has 0 bridgehead atoms. The maximum Gasteiger partial charge on any atom is 0.261 e. The molecule has 122 valence electrons. The summed E-state index contributed by atoms with van der Waals surface area (Å²) in [6.45, 7) is 3.64. The molecule has 23 heavy (non-hydrogen) atoms. The van der Waals surface area contributed by atoms with Gasteiger partial charge in [-0.3, -0.25) is 4.79 Å². The van der Waals surface area contributed by atoms with Crippen LogP contribution in [0.15, 0.2) is 48.5 Å². The average molecular weight is 319 g/mol. The molecular weight excluding hydrogens is 300 g/mol. The molecule has 0 aromatic heterocycles. The Bertz CT molecular complexity index is 641. The third-order valence-electron chi connectivity index (χ3n) is 3.48. The van der Waals surface area contributed by atoms with Gasteiger partial charge < -0.3 is 10.1 Å². The summed E-state index contributed by atoms with van der Waals surface area (Å²) in [5, 5.41) is 2.84. The molecule has 2 rings (SSSR count). The molecule has 1 amide bonds. The molecule has 0 aliphatic heterocycles. The Morgan fingerprint density at radius 1 is 1.04 bits per heavy atom. The Balaban J connectivity index is 1.99. The van der Waals surface area contributed by atoms with Crippen molar-refractivity contribution in [3.63, 3.8) is 0 Å². The lowest BCUT2D eigenvalue weighted by molar-refractivity contribution is -0.128. The fraction of sp³-hybridized carbons (Fsp3) is 0.278. The van der Waals surface area contributed by atoms with Crippen LogP contribution in [0.3, 0.4) is 0 Å². The highest BCUT2D eigenvalue weighted by Crippen LogP contribution is 2.17. The van der Waals surface area contributed by atoms with E-state index in [4.69, 9.17) is 4.74 Å². The summed E-state index contributed by atoms with van der Waals surface area (Å²) >= 11 is 0. The van der Waals surface area contributed by atoms with Crippen LogP contribution in [0.5, 0.6) is 5.75 Å². The van der Waals surface area contributed by atoms with Gasteiger partial charge in [0.15, 0.2) is 6.10 Å². The maximum atomic E-state index is 12.9. The number of ether oxygens (including phenoxy) is 1. The lowest BCUT2D eigenvalue weighted by atomic mass is 10.1. The molecule has 0 aliphatic rings. The summed E-state index contributed by atoms with van der Waals surface area (Å²) in [5.74, 6) is -0.519. The van der Waals surface area contributed by atoms with Crippen molar-refractivity contribution in [2.75, 3.05) is 0 Å². The average Bonchev–Trinajstić information content (AvgIpc) is 2.54. The van der Waals surface area contributed by atoms with Gasteiger partial charge >= 0.3 is 0 Å². The van der Waals surface area contributed by atoms with E-state index < -0.39 is 6.10 Å². The topological polar surface area (TPSA) is 38.3 Å². The Hall–Kier alpha value is -2.43. The smallest absolute Gasteiger partial charge is 0.261 e. The Labute approximate surface area is 134 Å². The zero-order valence-electron chi connectivity index (χ0n) is 13.1. The molecule has 0 saturated carbocycles. The molecule has 2 aromatic rings. The summed E-state index contributed by atoms with van der Waals surface area (Å²) in [4.78, 5) is 12.3. The number of benzene rings is 2. The van der Waals surface area contributed by atoms with E-state index >= 15 is 0 Å². The first-order valence-electron chi connectivity index (χ1n) is 7.47. The maximum absolute atomic E-state index is 12.9. The molecule has 2 atom stereocenters. The van der Waals surface area contributed by atoms with E-state index in [1.807, 2.05) is 13.8 Å². The van der Waals surface area contributed by atoms with E-state index in [9.17, 15) is 13.6 Å². The molecular formula is C18H19F2NO2. The molecule has 0 fully saturated rings. The molecule has 0 spiro atoms. The number of carbonyl (C=O) groups excluding carboxylic acids is 1. The lowest BCUT2D eigenvalue weighted by Crippen LogP contribution is -2.39. The van der Waals surface area contributed by atoms with Crippen molar-refractivity contribution in [1.29, 1.82) is 0 Å². The standard InChI is InChI=1S/C18H19F2NO2/c1-3-17(23-16-10-8-15(20)9-11-16)18(22)21-12(2)13-4-6-14(19)7-5-13/h4-12,17H,3H2,1-2H3,(H,21,22)/t12-,17+/m0/s1. The van der Waals surface area contributed by atoms with Crippen LogP contribution in [0.2, 0.25) is 0 Å². The van der Waals surface area contributed by atoms with Crippen LogP contribution in [-0.2, 0) is 4.79 Å². The first kappa shape index (κ1) is 16.9. The molecule has 3 nitrogen and oxygen atoms in total. The number of carbonyl (C=O) groups is 1. The van der Waals surface area contributed by atoms with Crippen LogP contribution in [0, 0.1) is 11.6 Å². The third-order valence-corrected chi connectivity index (χ3v) is 3.48. The van der Waals surface area contributed by atoms with E-state index in [1.165, 1.54) is 36.4 Å². The van der Waals surface area contributed by atoms with Crippen molar-refractivity contribution in [3.05, 3.63) is 65.7 Å². The minimum atomic E-state index is -0.677. The zero-order valence-corrected chi connectivity index (χ0v) is 13.1. The normalized spacial score (nSPS) is 13.2. The van der Waals surface area contributed by atoms with Crippen molar-refractivity contribution in [2.45, 2.75) is 32.4 Å². The van der Waals surface area contributed by atoms with Crippen molar-refractivity contribution < 1.29 is 18.3 Å². The first-order valence-corrected chi connectivity index (χ1v) is 7.47. The highest BCUT2D eigenvalue weighted by Gasteiger charge is 2.20.